The Bertz CT molecular complexity index is 1780. The number of hydrogen-bond donors (Lipinski definition) is 1. The fourth-order valence-corrected chi connectivity index (χ4v) is 6.51. The lowest BCUT2D eigenvalue weighted by Gasteiger charge is -2.34. The van der Waals surface area contributed by atoms with E-state index in [4.69, 9.17) is 23.2 Å². The highest BCUT2D eigenvalue weighted by molar-refractivity contribution is 7.92. The Morgan fingerprint density at radius 1 is 0.826 bits per heavy atom. The van der Waals surface area contributed by atoms with Crippen molar-refractivity contribution in [3.05, 3.63) is 130 Å². The Hall–Kier alpha value is -4.06. The Morgan fingerprint density at radius 3 is 2.09 bits per heavy atom. The van der Waals surface area contributed by atoms with E-state index in [1.807, 2.05) is 0 Å². The molecule has 0 fully saturated rings. The van der Waals surface area contributed by atoms with Crippen LogP contribution in [0.3, 0.4) is 0 Å². The van der Waals surface area contributed by atoms with Crippen LogP contribution in [0, 0.1) is 0 Å². The number of carbonyl (C=O) groups is 2. The highest BCUT2D eigenvalue weighted by atomic mass is 35.5. The molecule has 0 aliphatic rings. The van der Waals surface area contributed by atoms with Gasteiger partial charge in [0.15, 0.2) is 0 Å². The molecule has 242 valence electrons. The first-order valence-electron chi connectivity index (χ1n) is 14.1. The van der Waals surface area contributed by atoms with Crippen LogP contribution in [0.2, 0.25) is 10.0 Å². The second kappa shape index (κ2) is 15.0. The van der Waals surface area contributed by atoms with E-state index in [-0.39, 0.29) is 40.1 Å². The van der Waals surface area contributed by atoms with E-state index in [9.17, 15) is 31.2 Å². The summed E-state index contributed by atoms with van der Waals surface area (Å²) in [5.74, 6) is -1.34. The number of nitrogens with zero attached hydrogens (tertiary/aromatic N) is 2. The summed E-state index contributed by atoms with van der Waals surface area (Å²) in [5.41, 5.74) is -0.263. The number of benzene rings is 4. The summed E-state index contributed by atoms with van der Waals surface area (Å²) in [7, 11) is -4.57. The minimum Gasteiger partial charge on any atom is -0.355 e. The molecule has 4 rings (SSSR count). The summed E-state index contributed by atoms with van der Waals surface area (Å²) in [5, 5.41) is 3.19. The number of amides is 2. The first-order valence-corrected chi connectivity index (χ1v) is 16.3. The molecule has 0 radical (unpaired) electrons. The van der Waals surface area contributed by atoms with Crippen molar-refractivity contribution in [2.75, 3.05) is 17.4 Å². The second-order valence-electron chi connectivity index (χ2n) is 10.2. The van der Waals surface area contributed by atoms with Gasteiger partial charge in [0.1, 0.15) is 12.6 Å². The number of likely N-dealkylation sites (N-methyl/N-ethyl adjacent to an activating group) is 1. The maximum Gasteiger partial charge on any atom is 0.416 e. The number of nitrogens with one attached hydrogen (secondary N) is 1. The number of alkyl halides is 3. The minimum absolute atomic E-state index is 0.0642. The Balaban J connectivity index is 1.84. The molecule has 0 spiro atoms. The van der Waals surface area contributed by atoms with E-state index in [1.165, 1.54) is 47.4 Å². The van der Waals surface area contributed by atoms with Gasteiger partial charge in [0, 0.05) is 19.5 Å². The molecule has 1 N–H and O–H groups in total. The monoisotopic (exact) mass is 691 g/mol. The number of halogens is 5. The van der Waals surface area contributed by atoms with Gasteiger partial charge in [0.05, 0.1) is 26.2 Å². The number of anilines is 1. The molecule has 0 unspecified atom stereocenters. The highest BCUT2D eigenvalue weighted by Crippen LogP contribution is 2.33. The molecule has 13 heteroatoms. The lowest BCUT2D eigenvalue weighted by molar-refractivity contribution is -0.140. The first-order chi connectivity index (χ1) is 21.8. The molecule has 0 heterocycles. The molecule has 0 saturated carbocycles. The molecule has 46 heavy (non-hydrogen) atoms. The van der Waals surface area contributed by atoms with E-state index >= 15 is 0 Å². The Labute approximate surface area is 275 Å². The number of carbonyl (C=O) groups excluding carboxylic acids is 2. The van der Waals surface area contributed by atoms with Crippen molar-refractivity contribution < 1.29 is 31.2 Å². The largest absolute Gasteiger partial charge is 0.416 e. The van der Waals surface area contributed by atoms with Gasteiger partial charge < -0.3 is 10.2 Å². The van der Waals surface area contributed by atoms with E-state index < -0.39 is 46.2 Å². The number of rotatable bonds is 12. The molecule has 0 aliphatic heterocycles. The average Bonchev–Trinajstić information content (AvgIpc) is 3.03. The van der Waals surface area contributed by atoms with Crippen molar-refractivity contribution in [1.29, 1.82) is 0 Å². The van der Waals surface area contributed by atoms with E-state index in [1.54, 1.807) is 49.4 Å². The molecule has 4 aromatic carbocycles. The third-order valence-corrected chi connectivity index (χ3v) is 9.56. The third kappa shape index (κ3) is 8.60. The summed E-state index contributed by atoms with van der Waals surface area (Å²) in [4.78, 5) is 28.8. The van der Waals surface area contributed by atoms with Crippen molar-refractivity contribution in [1.82, 2.24) is 10.2 Å². The SMILES string of the molecule is CCNC(=O)[C@@H](Cc1ccccc1)N(Cc1ccc(Cl)c(Cl)c1)C(=O)CN(c1cccc(C(F)(F)F)c1)S(=O)(=O)c1ccccc1. The topological polar surface area (TPSA) is 86.8 Å². The average molecular weight is 693 g/mol. The molecule has 0 saturated heterocycles. The van der Waals surface area contributed by atoms with Gasteiger partial charge in [-0.2, -0.15) is 13.2 Å². The van der Waals surface area contributed by atoms with Crippen LogP contribution in [0.25, 0.3) is 0 Å². The fourth-order valence-electron chi connectivity index (χ4n) is 4.77. The van der Waals surface area contributed by atoms with E-state index in [2.05, 4.69) is 5.32 Å². The standard InChI is InChI=1S/C33H30Cl2F3N3O4S/c1-2-39-32(43)30(19-23-10-5-3-6-11-23)40(21-24-16-17-28(34)29(35)18-24)31(42)22-41(46(44,45)27-14-7-4-8-15-27)26-13-9-12-25(20-26)33(36,37)38/h3-18,20,30H,2,19,21-22H2,1H3,(H,39,43)/t30-/m1/s1. The molecule has 4 aromatic rings. The summed E-state index contributed by atoms with van der Waals surface area (Å²) < 4.78 is 69.7. The van der Waals surface area contributed by atoms with Gasteiger partial charge in [-0.1, -0.05) is 83.9 Å². The van der Waals surface area contributed by atoms with E-state index in [0.29, 0.717) is 15.9 Å². The third-order valence-electron chi connectivity index (χ3n) is 7.03. The molecule has 7 nitrogen and oxygen atoms in total. The first kappa shape index (κ1) is 34.8. The smallest absolute Gasteiger partial charge is 0.355 e. The summed E-state index contributed by atoms with van der Waals surface area (Å²) in [6.07, 6.45) is -4.71. The second-order valence-corrected chi connectivity index (χ2v) is 12.9. The number of hydrogen-bond acceptors (Lipinski definition) is 4. The zero-order valence-electron chi connectivity index (χ0n) is 24.5. The molecule has 0 aliphatic carbocycles. The van der Waals surface area contributed by atoms with Gasteiger partial charge in [-0.3, -0.25) is 13.9 Å². The minimum atomic E-state index is -4.78. The lowest BCUT2D eigenvalue weighted by Crippen LogP contribution is -2.53. The van der Waals surface area contributed by atoms with Gasteiger partial charge in [0.2, 0.25) is 11.8 Å². The van der Waals surface area contributed by atoms with Gasteiger partial charge in [-0.05, 0) is 60.5 Å². The van der Waals surface area contributed by atoms with Gasteiger partial charge in [-0.15, -0.1) is 0 Å². The van der Waals surface area contributed by atoms with Gasteiger partial charge in [0.25, 0.3) is 10.0 Å². The van der Waals surface area contributed by atoms with Crippen LogP contribution in [0.4, 0.5) is 18.9 Å². The highest BCUT2D eigenvalue weighted by Gasteiger charge is 2.36. The Kier molecular flexibility index (Phi) is 11.4. The van der Waals surface area contributed by atoms with Crippen molar-refractivity contribution in [3.63, 3.8) is 0 Å². The van der Waals surface area contributed by atoms with Crippen molar-refractivity contribution in [2.45, 2.75) is 37.0 Å². The van der Waals surface area contributed by atoms with Crippen LogP contribution in [-0.4, -0.2) is 44.3 Å². The maximum absolute atomic E-state index is 14.3. The summed E-state index contributed by atoms with van der Waals surface area (Å²) in [6.45, 7) is 0.860. The molecule has 2 amide bonds. The quantitative estimate of drug-likeness (QED) is 0.174. The molecule has 0 aromatic heterocycles. The van der Waals surface area contributed by atoms with Crippen molar-refractivity contribution in [2.24, 2.45) is 0 Å². The maximum atomic E-state index is 14.3. The van der Waals surface area contributed by atoms with Crippen LogP contribution >= 0.6 is 23.2 Å². The normalized spacial score (nSPS) is 12.3. The molecule has 0 bridgehead atoms. The van der Waals surface area contributed by atoms with E-state index in [0.717, 1.165) is 17.7 Å². The van der Waals surface area contributed by atoms with Crippen molar-refractivity contribution >= 4 is 50.7 Å². The molecular weight excluding hydrogens is 662 g/mol. The zero-order valence-corrected chi connectivity index (χ0v) is 26.9. The zero-order chi connectivity index (χ0) is 33.5. The summed E-state index contributed by atoms with van der Waals surface area (Å²) in [6, 6.07) is 23.2. The predicted octanol–water partition coefficient (Wildman–Crippen LogP) is 6.98. The number of sulfonamides is 1. The summed E-state index contributed by atoms with van der Waals surface area (Å²) >= 11 is 12.3. The van der Waals surface area contributed by atoms with Gasteiger partial charge >= 0.3 is 6.18 Å². The van der Waals surface area contributed by atoms with Crippen LogP contribution in [0.1, 0.15) is 23.6 Å². The van der Waals surface area contributed by atoms with Crippen molar-refractivity contribution in [3.8, 4) is 0 Å². The molecule has 1 atom stereocenters. The Morgan fingerprint density at radius 2 is 1.48 bits per heavy atom. The molecular formula is C33H30Cl2F3N3O4S. The van der Waals surface area contributed by atoms with Crippen LogP contribution in [-0.2, 0) is 38.8 Å². The fraction of sp³-hybridized carbons (Fsp3) is 0.212. The van der Waals surface area contributed by atoms with Gasteiger partial charge in [-0.25, -0.2) is 8.42 Å². The predicted molar refractivity (Wildman–Crippen MR) is 172 cm³/mol. The van der Waals surface area contributed by atoms with Crippen LogP contribution in [0.15, 0.2) is 108 Å². The van der Waals surface area contributed by atoms with Crippen LogP contribution in [0.5, 0.6) is 0 Å². The van der Waals surface area contributed by atoms with Crippen LogP contribution < -0.4 is 9.62 Å². The lowest BCUT2D eigenvalue weighted by atomic mass is 10.0.